The summed E-state index contributed by atoms with van der Waals surface area (Å²) in [6.45, 7) is 0. The molecule has 0 radical (unpaired) electrons. The van der Waals surface area contributed by atoms with Gasteiger partial charge in [-0.1, -0.05) is 24.3 Å². The number of nitrogens with zero attached hydrogens (tertiary/aromatic N) is 1. The van der Waals surface area contributed by atoms with Crippen molar-refractivity contribution in [3.8, 4) is 5.75 Å². The SMILES string of the molecule is O=C1NC(=O)N(c2cccc(C(F)(F)F)c2)C(=O)/C1=C\c1ccccc1OC(=O)c1ccco1. The van der Waals surface area contributed by atoms with Gasteiger partial charge in [0.2, 0.25) is 5.76 Å². The maximum atomic E-state index is 13.1. The summed E-state index contributed by atoms with van der Waals surface area (Å²) in [6.07, 6.45) is -2.37. The number of barbiturate groups is 1. The molecule has 11 heteroatoms. The summed E-state index contributed by atoms with van der Waals surface area (Å²) < 4.78 is 49.5. The predicted octanol–water partition coefficient (Wildman–Crippen LogP) is 4.18. The zero-order chi connectivity index (χ0) is 24.5. The Morgan fingerprint density at radius 3 is 2.47 bits per heavy atom. The molecule has 0 aliphatic carbocycles. The van der Waals surface area contributed by atoms with E-state index in [1.165, 1.54) is 42.7 Å². The number of halogens is 3. The molecule has 1 fully saturated rings. The van der Waals surface area contributed by atoms with E-state index in [9.17, 15) is 32.3 Å². The number of esters is 1. The van der Waals surface area contributed by atoms with E-state index in [1.807, 2.05) is 5.32 Å². The number of furan rings is 1. The molecule has 0 spiro atoms. The first-order chi connectivity index (χ1) is 16.1. The molecule has 1 aliphatic heterocycles. The summed E-state index contributed by atoms with van der Waals surface area (Å²) in [4.78, 5) is 50.3. The van der Waals surface area contributed by atoms with Gasteiger partial charge in [-0.3, -0.25) is 14.9 Å². The number of anilines is 1. The Morgan fingerprint density at radius 2 is 1.76 bits per heavy atom. The van der Waals surface area contributed by atoms with Gasteiger partial charge in [0.15, 0.2) is 0 Å². The lowest BCUT2D eigenvalue weighted by Gasteiger charge is -2.27. The number of nitrogens with one attached hydrogen (secondary N) is 1. The van der Waals surface area contributed by atoms with Crippen molar-refractivity contribution in [2.24, 2.45) is 0 Å². The summed E-state index contributed by atoms with van der Waals surface area (Å²) in [5.41, 5.74) is -1.89. The average molecular weight is 470 g/mol. The highest BCUT2D eigenvalue weighted by Gasteiger charge is 2.38. The normalized spacial score (nSPS) is 15.4. The van der Waals surface area contributed by atoms with Crippen LogP contribution in [0.5, 0.6) is 5.75 Å². The number of alkyl halides is 3. The molecule has 0 unspecified atom stereocenters. The molecule has 1 aromatic heterocycles. The van der Waals surface area contributed by atoms with Crippen molar-refractivity contribution in [2.45, 2.75) is 6.18 Å². The number of ether oxygens (including phenoxy) is 1. The fraction of sp³-hybridized carbons (Fsp3) is 0.0435. The van der Waals surface area contributed by atoms with Crippen molar-refractivity contribution < 1.29 is 41.5 Å². The second-order valence-corrected chi connectivity index (χ2v) is 6.91. The molecule has 1 N–H and O–H groups in total. The molecule has 4 amide bonds. The number of amides is 4. The van der Waals surface area contributed by atoms with Gasteiger partial charge in [-0.15, -0.1) is 0 Å². The Hall–Kier alpha value is -4.67. The van der Waals surface area contributed by atoms with Gasteiger partial charge in [-0.25, -0.2) is 14.5 Å². The topological polar surface area (TPSA) is 106 Å². The monoisotopic (exact) mass is 470 g/mol. The van der Waals surface area contributed by atoms with E-state index in [0.717, 1.165) is 24.3 Å². The van der Waals surface area contributed by atoms with E-state index >= 15 is 0 Å². The highest BCUT2D eigenvalue weighted by Crippen LogP contribution is 2.33. The molecular formula is C23H13F3N2O6. The molecule has 3 aromatic rings. The zero-order valence-corrected chi connectivity index (χ0v) is 17.0. The number of carbonyl (C=O) groups is 4. The molecule has 4 rings (SSSR count). The molecule has 2 heterocycles. The molecule has 172 valence electrons. The van der Waals surface area contributed by atoms with E-state index < -0.39 is 41.1 Å². The summed E-state index contributed by atoms with van der Waals surface area (Å²) in [5.74, 6) is -3.17. The molecule has 1 aliphatic rings. The predicted molar refractivity (Wildman–Crippen MR) is 111 cm³/mol. The summed E-state index contributed by atoms with van der Waals surface area (Å²) in [6, 6.07) is 11.1. The fourth-order valence-electron chi connectivity index (χ4n) is 3.11. The Bertz CT molecular complexity index is 1330. The third-order valence-electron chi connectivity index (χ3n) is 4.68. The van der Waals surface area contributed by atoms with Crippen LogP contribution in [0.25, 0.3) is 6.08 Å². The van der Waals surface area contributed by atoms with Crippen LogP contribution in [0, 0.1) is 0 Å². The summed E-state index contributed by atoms with van der Waals surface area (Å²) in [5, 5.41) is 1.92. The van der Waals surface area contributed by atoms with E-state index in [-0.39, 0.29) is 22.8 Å². The van der Waals surface area contributed by atoms with Gasteiger partial charge in [0.1, 0.15) is 11.3 Å². The Balaban J connectivity index is 1.69. The minimum atomic E-state index is -4.71. The number of urea groups is 1. The van der Waals surface area contributed by atoms with Crippen LogP contribution in [0.3, 0.4) is 0 Å². The third kappa shape index (κ3) is 4.44. The molecule has 1 saturated heterocycles. The molecule has 34 heavy (non-hydrogen) atoms. The minimum Gasteiger partial charge on any atom is -0.457 e. The Labute approximate surface area is 189 Å². The lowest BCUT2D eigenvalue weighted by Crippen LogP contribution is -2.54. The molecular weight excluding hydrogens is 457 g/mol. The number of imide groups is 2. The molecule has 0 bridgehead atoms. The summed E-state index contributed by atoms with van der Waals surface area (Å²) in [7, 11) is 0. The maximum Gasteiger partial charge on any atom is 0.416 e. The maximum absolute atomic E-state index is 13.1. The smallest absolute Gasteiger partial charge is 0.416 e. The van der Waals surface area contributed by atoms with Crippen molar-refractivity contribution in [1.82, 2.24) is 5.32 Å². The van der Waals surface area contributed by atoms with Crippen LogP contribution < -0.4 is 15.0 Å². The van der Waals surface area contributed by atoms with Gasteiger partial charge in [0.25, 0.3) is 11.8 Å². The van der Waals surface area contributed by atoms with Gasteiger partial charge >= 0.3 is 18.2 Å². The third-order valence-corrected chi connectivity index (χ3v) is 4.68. The van der Waals surface area contributed by atoms with Crippen LogP contribution in [0.1, 0.15) is 21.7 Å². The van der Waals surface area contributed by atoms with Crippen molar-refractivity contribution in [2.75, 3.05) is 4.90 Å². The summed E-state index contributed by atoms with van der Waals surface area (Å²) >= 11 is 0. The van der Waals surface area contributed by atoms with E-state index in [0.29, 0.717) is 11.0 Å². The van der Waals surface area contributed by atoms with Gasteiger partial charge in [0.05, 0.1) is 17.5 Å². The first-order valence-electron chi connectivity index (χ1n) is 9.58. The van der Waals surface area contributed by atoms with Gasteiger partial charge in [-0.05, 0) is 42.5 Å². The molecule has 8 nitrogen and oxygen atoms in total. The van der Waals surface area contributed by atoms with E-state index in [1.54, 1.807) is 0 Å². The average Bonchev–Trinajstić information content (AvgIpc) is 3.32. The fourth-order valence-corrected chi connectivity index (χ4v) is 3.11. The highest BCUT2D eigenvalue weighted by molar-refractivity contribution is 6.39. The first-order valence-corrected chi connectivity index (χ1v) is 9.58. The van der Waals surface area contributed by atoms with Gasteiger partial charge < -0.3 is 9.15 Å². The van der Waals surface area contributed by atoms with Gasteiger partial charge in [-0.2, -0.15) is 13.2 Å². The van der Waals surface area contributed by atoms with E-state index in [2.05, 4.69) is 0 Å². The lowest BCUT2D eigenvalue weighted by molar-refractivity contribution is -0.137. The van der Waals surface area contributed by atoms with Crippen LogP contribution in [0.4, 0.5) is 23.7 Å². The second-order valence-electron chi connectivity index (χ2n) is 6.91. The van der Waals surface area contributed by atoms with Gasteiger partial charge in [0, 0.05) is 5.56 Å². The number of rotatable bonds is 4. The number of hydrogen-bond acceptors (Lipinski definition) is 6. The Kier molecular flexibility index (Phi) is 5.76. The first kappa shape index (κ1) is 22.5. The van der Waals surface area contributed by atoms with Crippen LogP contribution in [-0.2, 0) is 15.8 Å². The van der Waals surface area contributed by atoms with Crippen molar-refractivity contribution in [1.29, 1.82) is 0 Å². The van der Waals surface area contributed by atoms with Crippen molar-refractivity contribution >= 4 is 35.6 Å². The number of hydrogen-bond donors (Lipinski definition) is 1. The molecule has 0 saturated carbocycles. The van der Waals surface area contributed by atoms with Crippen molar-refractivity contribution in [3.05, 3.63) is 89.4 Å². The minimum absolute atomic E-state index is 0.0282. The standard InChI is InChI=1S/C23H13F3N2O6/c24-23(25,26)14-6-3-7-15(12-14)28-20(30)16(19(29)27-22(28)32)11-13-5-1-2-8-17(13)34-21(31)18-9-4-10-33-18/h1-12H,(H,27,29,32)/b16-11-. The largest absolute Gasteiger partial charge is 0.457 e. The van der Waals surface area contributed by atoms with Crippen LogP contribution >= 0.6 is 0 Å². The quantitative estimate of drug-likeness (QED) is 0.265. The van der Waals surface area contributed by atoms with Crippen LogP contribution in [0.2, 0.25) is 0 Å². The number of benzene rings is 2. The molecule has 2 aromatic carbocycles. The Morgan fingerprint density at radius 1 is 1.00 bits per heavy atom. The second kappa shape index (κ2) is 8.70. The van der Waals surface area contributed by atoms with Crippen molar-refractivity contribution in [3.63, 3.8) is 0 Å². The molecule has 0 atom stereocenters. The lowest BCUT2D eigenvalue weighted by atomic mass is 10.1. The van der Waals surface area contributed by atoms with Crippen LogP contribution in [-0.4, -0.2) is 23.8 Å². The zero-order valence-electron chi connectivity index (χ0n) is 17.0. The van der Waals surface area contributed by atoms with E-state index in [4.69, 9.17) is 9.15 Å². The highest BCUT2D eigenvalue weighted by atomic mass is 19.4. The van der Waals surface area contributed by atoms with Crippen LogP contribution in [0.15, 0.2) is 76.9 Å². The number of carbonyl (C=O) groups excluding carboxylic acids is 4. The number of para-hydroxylation sites is 1.